The number of nitrogens with zero attached hydrogens (tertiary/aromatic N) is 2. The third-order valence-corrected chi connectivity index (χ3v) is 5.56. The van der Waals surface area contributed by atoms with E-state index in [1.54, 1.807) is 11.3 Å². The van der Waals surface area contributed by atoms with Crippen molar-refractivity contribution in [3.63, 3.8) is 0 Å². The third kappa shape index (κ3) is 1.56. The summed E-state index contributed by atoms with van der Waals surface area (Å²) in [6, 6.07) is 11.8. The molecule has 1 fully saturated rings. The van der Waals surface area contributed by atoms with Gasteiger partial charge in [0, 0.05) is 22.9 Å². The Bertz CT molecular complexity index is 607. The van der Waals surface area contributed by atoms with E-state index < -0.39 is 0 Å². The van der Waals surface area contributed by atoms with Gasteiger partial charge in [0.2, 0.25) is 0 Å². The molecule has 5 rings (SSSR count). The molecule has 0 spiro atoms. The second kappa shape index (κ2) is 4.05. The number of rotatable bonds is 1. The fraction of sp³-hybridized carbons (Fsp3) is 0.400. The van der Waals surface area contributed by atoms with E-state index in [2.05, 4.69) is 47.3 Å². The Morgan fingerprint density at radius 2 is 2.05 bits per heavy atom. The summed E-state index contributed by atoms with van der Waals surface area (Å²) in [5.74, 6) is 0.501. The van der Waals surface area contributed by atoms with E-state index in [9.17, 15) is 0 Å². The number of thiazole rings is 1. The van der Waals surface area contributed by atoms with Crippen molar-refractivity contribution in [2.45, 2.75) is 30.8 Å². The lowest BCUT2D eigenvalue weighted by Crippen LogP contribution is -2.42. The van der Waals surface area contributed by atoms with Gasteiger partial charge in [0.1, 0.15) is 0 Å². The maximum Gasteiger partial charge on any atom is 0.180 e. The SMILES string of the molecule is CN1C2CCC(c3nc(N)sc32)C1c1ccccc1. The highest BCUT2D eigenvalue weighted by Crippen LogP contribution is 2.56. The Hall–Kier alpha value is -1.39. The lowest BCUT2D eigenvalue weighted by molar-refractivity contribution is 0.0747. The first-order valence-electron chi connectivity index (χ1n) is 6.78. The Kier molecular flexibility index (Phi) is 2.44. The van der Waals surface area contributed by atoms with Gasteiger partial charge in [-0.1, -0.05) is 30.3 Å². The van der Waals surface area contributed by atoms with Crippen molar-refractivity contribution in [2.24, 2.45) is 0 Å². The molecule has 2 aliphatic heterocycles. The van der Waals surface area contributed by atoms with E-state index in [0.717, 1.165) is 5.13 Å². The van der Waals surface area contributed by atoms with Crippen molar-refractivity contribution in [3.05, 3.63) is 46.5 Å². The molecule has 0 amide bonds. The molecule has 0 radical (unpaired) electrons. The Labute approximate surface area is 117 Å². The zero-order chi connectivity index (χ0) is 13.0. The van der Waals surface area contributed by atoms with Crippen LogP contribution in [-0.2, 0) is 0 Å². The minimum atomic E-state index is 0.453. The molecule has 2 N–H and O–H groups in total. The van der Waals surface area contributed by atoms with E-state index in [0.29, 0.717) is 18.0 Å². The summed E-state index contributed by atoms with van der Waals surface area (Å²) < 4.78 is 0. The van der Waals surface area contributed by atoms with Gasteiger partial charge in [0.15, 0.2) is 5.13 Å². The summed E-state index contributed by atoms with van der Waals surface area (Å²) in [7, 11) is 2.24. The third-order valence-electron chi connectivity index (χ3n) is 4.56. The number of nitrogens with two attached hydrogens (primary N) is 1. The van der Waals surface area contributed by atoms with E-state index >= 15 is 0 Å². The van der Waals surface area contributed by atoms with Gasteiger partial charge in [0.25, 0.3) is 0 Å². The number of likely N-dealkylation sites (N-methyl/N-ethyl adjacent to an activating group) is 1. The van der Waals surface area contributed by atoms with Crippen molar-refractivity contribution in [3.8, 4) is 0 Å². The van der Waals surface area contributed by atoms with E-state index in [1.807, 2.05) is 0 Å². The molecule has 1 aromatic heterocycles. The first kappa shape index (κ1) is 11.4. The van der Waals surface area contributed by atoms with Gasteiger partial charge in [-0.15, -0.1) is 11.3 Å². The predicted octanol–water partition coefficient (Wildman–Crippen LogP) is 3.33. The number of fused-ring (bicyclic) bond motifs is 2. The standard InChI is InChI=1S/C15H17N3S/c1-18-11-8-7-10(12-14(11)19-15(16)17-12)13(18)9-5-3-2-4-6-9/h2-6,10-11,13H,7-8H2,1H3,(H2,16,17). The molecule has 98 valence electrons. The molecule has 19 heavy (non-hydrogen) atoms. The normalized spacial score (nSPS) is 29.4. The number of anilines is 1. The molecule has 3 atom stereocenters. The lowest BCUT2D eigenvalue weighted by Gasteiger charge is -2.48. The maximum atomic E-state index is 5.93. The van der Waals surface area contributed by atoms with Gasteiger partial charge in [-0.05, 0) is 25.5 Å². The first-order chi connectivity index (χ1) is 9.25. The van der Waals surface area contributed by atoms with Crippen LogP contribution < -0.4 is 5.73 Å². The molecule has 1 aromatic carbocycles. The van der Waals surface area contributed by atoms with Crippen molar-refractivity contribution < 1.29 is 0 Å². The quantitative estimate of drug-likeness (QED) is 0.865. The van der Waals surface area contributed by atoms with E-state index in [-0.39, 0.29) is 0 Å². The molecule has 1 aliphatic carbocycles. The van der Waals surface area contributed by atoms with Crippen LogP contribution in [0.15, 0.2) is 30.3 Å². The highest BCUT2D eigenvalue weighted by molar-refractivity contribution is 7.15. The molecule has 4 heteroatoms. The van der Waals surface area contributed by atoms with Gasteiger partial charge < -0.3 is 5.73 Å². The number of benzene rings is 1. The Balaban J connectivity index is 1.84. The molecule has 1 saturated heterocycles. The number of piperidine rings is 1. The first-order valence-corrected chi connectivity index (χ1v) is 7.60. The molecular weight excluding hydrogens is 254 g/mol. The van der Waals surface area contributed by atoms with Crippen molar-refractivity contribution in [2.75, 3.05) is 12.8 Å². The molecule has 3 unspecified atom stereocenters. The number of hydrogen-bond acceptors (Lipinski definition) is 4. The van der Waals surface area contributed by atoms with Gasteiger partial charge in [-0.3, -0.25) is 4.90 Å². The van der Waals surface area contributed by atoms with E-state index in [1.165, 1.54) is 29.0 Å². The smallest absolute Gasteiger partial charge is 0.180 e. The van der Waals surface area contributed by atoms with Gasteiger partial charge in [-0.2, -0.15) is 0 Å². The van der Waals surface area contributed by atoms with Crippen LogP contribution >= 0.6 is 11.3 Å². The zero-order valence-electron chi connectivity index (χ0n) is 10.9. The van der Waals surface area contributed by atoms with Crippen LogP contribution in [0.3, 0.4) is 0 Å². The molecule has 3 heterocycles. The second-order valence-corrected chi connectivity index (χ2v) is 6.58. The summed E-state index contributed by atoms with van der Waals surface area (Å²) in [6.45, 7) is 0. The topological polar surface area (TPSA) is 42.2 Å². The number of aromatic nitrogens is 1. The average molecular weight is 271 g/mol. The largest absolute Gasteiger partial charge is 0.375 e. The second-order valence-electron chi connectivity index (χ2n) is 5.52. The fourth-order valence-corrected chi connectivity index (χ4v) is 4.85. The molecule has 2 bridgehead atoms. The van der Waals surface area contributed by atoms with Crippen LogP contribution in [0.5, 0.6) is 0 Å². The van der Waals surface area contributed by atoms with Gasteiger partial charge in [-0.25, -0.2) is 4.98 Å². The number of nitrogen functional groups attached to an aromatic ring is 1. The molecular formula is C15H17N3S. The minimum absolute atomic E-state index is 0.453. The highest BCUT2D eigenvalue weighted by Gasteiger charge is 2.46. The molecule has 0 saturated carbocycles. The van der Waals surface area contributed by atoms with E-state index in [4.69, 9.17) is 5.73 Å². The molecule has 3 aliphatic rings. The minimum Gasteiger partial charge on any atom is -0.375 e. The lowest BCUT2D eigenvalue weighted by atomic mass is 9.74. The fourth-order valence-electron chi connectivity index (χ4n) is 3.76. The van der Waals surface area contributed by atoms with Crippen LogP contribution in [0.1, 0.15) is 47.0 Å². The van der Waals surface area contributed by atoms with Crippen LogP contribution in [0.2, 0.25) is 0 Å². The van der Waals surface area contributed by atoms with Crippen molar-refractivity contribution >= 4 is 16.5 Å². The summed E-state index contributed by atoms with van der Waals surface area (Å²) in [5, 5.41) is 0.726. The zero-order valence-corrected chi connectivity index (χ0v) is 11.7. The summed E-state index contributed by atoms with van der Waals surface area (Å²) in [5.41, 5.74) is 8.60. The van der Waals surface area contributed by atoms with Crippen molar-refractivity contribution in [1.29, 1.82) is 0 Å². The summed E-state index contributed by atoms with van der Waals surface area (Å²) in [4.78, 5) is 8.54. The monoisotopic (exact) mass is 271 g/mol. The highest BCUT2D eigenvalue weighted by atomic mass is 32.1. The summed E-state index contributed by atoms with van der Waals surface area (Å²) in [6.07, 6.45) is 2.46. The predicted molar refractivity (Wildman–Crippen MR) is 78.2 cm³/mol. The van der Waals surface area contributed by atoms with Crippen LogP contribution in [0.25, 0.3) is 0 Å². The average Bonchev–Trinajstić information content (AvgIpc) is 2.83. The van der Waals surface area contributed by atoms with Crippen LogP contribution in [0, 0.1) is 0 Å². The van der Waals surface area contributed by atoms with Gasteiger partial charge >= 0.3 is 0 Å². The van der Waals surface area contributed by atoms with Crippen LogP contribution in [-0.4, -0.2) is 16.9 Å². The maximum absolute atomic E-state index is 5.93. The Morgan fingerprint density at radius 3 is 2.84 bits per heavy atom. The summed E-state index contributed by atoms with van der Waals surface area (Å²) >= 11 is 1.68. The van der Waals surface area contributed by atoms with Gasteiger partial charge in [0.05, 0.1) is 5.69 Å². The van der Waals surface area contributed by atoms with Crippen molar-refractivity contribution in [1.82, 2.24) is 9.88 Å². The molecule has 2 aromatic rings. The Morgan fingerprint density at radius 1 is 1.26 bits per heavy atom. The van der Waals surface area contributed by atoms with Crippen LogP contribution in [0.4, 0.5) is 5.13 Å². The number of hydrogen-bond donors (Lipinski definition) is 1. The molecule has 3 nitrogen and oxygen atoms in total.